The Labute approximate surface area is 90.8 Å². The van der Waals surface area contributed by atoms with Gasteiger partial charge in [-0.2, -0.15) is 0 Å². The minimum absolute atomic E-state index is 0.225. The number of nitro benzene ring substituents is 1. The molecule has 16 heavy (non-hydrogen) atoms. The molecule has 1 saturated carbocycles. The first-order valence-corrected chi connectivity index (χ1v) is 4.84. The second-order valence-electron chi connectivity index (χ2n) is 4.14. The molecule has 5 nitrogen and oxygen atoms in total. The fourth-order valence-electron chi connectivity index (χ4n) is 2.02. The summed E-state index contributed by atoms with van der Waals surface area (Å²) in [7, 11) is 0. The minimum Gasteiger partial charge on any atom is -0.393 e. The fourth-order valence-corrected chi connectivity index (χ4v) is 2.02. The maximum Gasteiger partial charge on any atom is 0.272 e. The average Bonchev–Trinajstić information content (AvgIpc) is 2.14. The SMILES string of the molecule is NC1(c2ccc([N+](=O)[O-])cc2F)CC(O)C1. The van der Waals surface area contributed by atoms with Gasteiger partial charge in [-0.25, -0.2) is 4.39 Å². The van der Waals surface area contributed by atoms with Gasteiger partial charge in [-0.1, -0.05) is 0 Å². The zero-order chi connectivity index (χ0) is 11.9. The Morgan fingerprint density at radius 2 is 2.19 bits per heavy atom. The van der Waals surface area contributed by atoms with Crippen molar-refractivity contribution in [3.8, 4) is 0 Å². The quantitative estimate of drug-likeness (QED) is 0.582. The number of non-ortho nitro benzene ring substituents is 1. The first-order valence-electron chi connectivity index (χ1n) is 4.84. The first kappa shape index (κ1) is 11.0. The first-order chi connectivity index (χ1) is 7.42. The van der Waals surface area contributed by atoms with Crippen LogP contribution in [0.5, 0.6) is 0 Å². The normalized spacial score (nSPS) is 28.6. The molecule has 0 heterocycles. The number of aliphatic hydroxyl groups is 1. The van der Waals surface area contributed by atoms with Gasteiger partial charge in [0.05, 0.1) is 17.1 Å². The monoisotopic (exact) mass is 226 g/mol. The highest BCUT2D eigenvalue weighted by Crippen LogP contribution is 2.40. The van der Waals surface area contributed by atoms with Gasteiger partial charge in [0.2, 0.25) is 0 Å². The molecular formula is C10H11FN2O3. The third kappa shape index (κ3) is 1.66. The van der Waals surface area contributed by atoms with Gasteiger partial charge in [0, 0.05) is 17.2 Å². The van der Waals surface area contributed by atoms with Gasteiger partial charge in [-0.15, -0.1) is 0 Å². The zero-order valence-electron chi connectivity index (χ0n) is 8.39. The van der Waals surface area contributed by atoms with Crippen molar-refractivity contribution < 1.29 is 14.4 Å². The number of nitrogens with two attached hydrogens (primary N) is 1. The van der Waals surface area contributed by atoms with E-state index in [9.17, 15) is 14.5 Å². The summed E-state index contributed by atoms with van der Waals surface area (Å²) in [5.41, 5.74) is 4.91. The molecule has 0 aromatic heterocycles. The number of hydrogen-bond donors (Lipinski definition) is 2. The van der Waals surface area contributed by atoms with E-state index < -0.39 is 22.4 Å². The van der Waals surface area contributed by atoms with Crippen LogP contribution in [0.2, 0.25) is 0 Å². The Bertz CT molecular complexity index is 444. The van der Waals surface area contributed by atoms with E-state index in [4.69, 9.17) is 10.8 Å². The van der Waals surface area contributed by atoms with Crippen LogP contribution in [0.4, 0.5) is 10.1 Å². The molecule has 0 amide bonds. The van der Waals surface area contributed by atoms with E-state index in [1.807, 2.05) is 0 Å². The lowest BCUT2D eigenvalue weighted by Gasteiger charge is -2.42. The highest BCUT2D eigenvalue weighted by Gasteiger charge is 2.43. The molecule has 0 bridgehead atoms. The number of benzene rings is 1. The van der Waals surface area contributed by atoms with E-state index in [0.29, 0.717) is 0 Å². The molecular weight excluding hydrogens is 215 g/mol. The van der Waals surface area contributed by atoms with Crippen molar-refractivity contribution in [1.82, 2.24) is 0 Å². The molecule has 2 rings (SSSR count). The van der Waals surface area contributed by atoms with E-state index in [2.05, 4.69) is 0 Å². The Hall–Kier alpha value is -1.53. The van der Waals surface area contributed by atoms with Crippen molar-refractivity contribution >= 4 is 5.69 Å². The summed E-state index contributed by atoms with van der Waals surface area (Å²) >= 11 is 0. The molecule has 0 atom stereocenters. The fraction of sp³-hybridized carbons (Fsp3) is 0.400. The van der Waals surface area contributed by atoms with Crippen molar-refractivity contribution in [1.29, 1.82) is 0 Å². The van der Waals surface area contributed by atoms with Crippen LogP contribution < -0.4 is 5.73 Å². The van der Waals surface area contributed by atoms with Crippen molar-refractivity contribution in [3.05, 3.63) is 39.7 Å². The van der Waals surface area contributed by atoms with E-state index in [1.165, 1.54) is 12.1 Å². The highest BCUT2D eigenvalue weighted by molar-refractivity contribution is 5.38. The van der Waals surface area contributed by atoms with Crippen LogP contribution in [0.15, 0.2) is 18.2 Å². The van der Waals surface area contributed by atoms with Crippen LogP contribution in [0, 0.1) is 15.9 Å². The lowest BCUT2D eigenvalue weighted by molar-refractivity contribution is -0.385. The number of rotatable bonds is 2. The predicted octanol–water partition coefficient (Wildman–Crippen LogP) is 1.04. The lowest BCUT2D eigenvalue weighted by Crippen LogP contribution is -2.52. The minimum atomic E-state index is -0.890. The van der Waals surface area contributed by atoms with Crippen molar-refractivity contribution in [3.63, 3.8) is 0 Å². The topological polar surface area (TPSA) is 89.4 Å². The Balaban J connectivity index is 2.33. The lowest BCUT2D eigenvalue weighted by atomic mass is 9.70. The second-order valence-corrected chi connectivity index (χ2v) is 4.14. The van der Waals surface area contributed by atoms with Gasteiger partial charge in [-0.05, 0) is 18.9 Å². The van der Waals surface area contributed by atoms with Gasteiger partial charge in [0.25, 0.3) is 5.69 Å². The van der Waals surface area contributed by atoms with E-state index >= 15 is 0 Å². The zero-order valence-corrected chi connectivity index (χ0v) is 8.39. The van der Waals surface area contributed by atoms with Gasteiger partial charge >= 0.3 is 0 Å². The standard InChI is InChI=1S/C10H11FN2O3/c11-9-3-6(13(15)16)1-2-8(9)10(12)4-7(14)5-10/h1-3,7,14H,4-5,12H2. The van der Waals surface area contributed by atoms with Gasteiger partial charge in [0.15, 0.2) is 0 Å². The summed E-state index contributed by atoms with van der Waals surface area (Å²) in [6, 6.07) is 3.39. The molecule has 0 aliphatic heterocycles. The maximum atomic E-state index is 13.6. The molecule has 0 unspecified atom stereocenters. The molecule has 0 saturated heterocycles. The summed E-state index contributed by atoms with van der Waals surface area (Å²) in [5, 5.41) is 19.6. The third-order valence-corrected chi connectivity index (χ3v) is 2.90. The molecule has 1 aromatic rings. The summed E-state index contributed by atoms with van der Waals surface area (Å²) in [6.07, 6.45) is 0.0447. The van der Waals surface area contributed by atoms with Crippen molar-refractivity contribution in [2.45, 2.75) is 24.5 Å². The van der Waals surface area contributed by atoms with Gasteiger partial charge in [-0.3, -0.25) is 10.1 Å². The molecule has 1 aliphatic rings. The molecule has 86 valence electrons. The molecule has 0 spiro atoms. The smallest absolute Gasteiger partial charge is 0.272 e. The molecule has 0 radical (unpaired) electrons. The highest BCUT2D eigenvalue weighted by atomic mass is 19.1. The van der Waals surface area contributed by atoms with Crippen LogP contribution in [-0.2, 0) is 5.54 Å². The summed E-state index contributed by atoms with van der Waals surface area (Å²) < 4.78 is 13.6. The van der Waals surface area contributed by atoms with E-state index in [-0.39, 0.29) is 24.1 Å². The maximum absolute atomic E-state index is 13.6. The Morgan fingerprint density at radius 3 is 2.62 bits per heavy atom. The molecule has 1 fully saturated rings. The Kier molecular flexibility index (Phi) is 2.40. The summed E-state index contributed by atoms with van der Waals surface area (Å²) in [6.45, 7) is 0. The number of halogens is 1. The van der Waals surface area contributed by atoms with Crippen LogP contribution >= 0.6 is 0 Å². The number of aliphatic hydroxyl groups excluding tert-OH is 1. The van der Waals surface area contributed by atoms with Crippen molar-refractivity contribution in [2.75, 3.05) is 0 Å². The van der Waals surface area contributed by atoms with E-state index in [1.54, 1.807) is 0 Å². The number of nitro groups is 1. The molecule has 3 N–H and O–H groups in total. The largest absolute Gasteiger partial charge is 0.393 e. The average molecular weight is 226 g/mol. The Morgan fingerprint density at radius 1 is 1.56 bits per heavy atom. The number of hydrogen-bond acceptors (Lipinski definition) is 4. The van der Waals surface area contributed by atoms with Crippen LogP contribution in [0.25, 0.3) is 0 Å². The van der Waals surface area contributed by atoms with Crippen LogP contribution in [0.3, 0.4) is 0 Å². The molecule has 1 aliphatic carbocycles. The van der Waals surface area contributed by atoms with Crippen LogP contribution in [-0.4, -0.2) is 16.1 Å². The van der Waals surface area contributed by atoms with Gasteiger partial charge in [0.1, 0.15) is 5.82 Å². The molecule has 1 aromatic carbocycles. The summed E-state index contributed by atoms with van der Waals surface area (Å²) in [5.74, 6) is -0.691. The number of nitrogens with zero attached hydrogens (tertiary/aromatic N) is 1. The second kappa shape index (κ2) is 3.50. The molecule has 6 heteroatoms. The third-order valence-electron chi connectivity index (χ3n) is 2.90. The summed E-state index contributed by atoms with van der Waals surface area (Å²) in [4.78, 5) is 9.76. The van der Waals surface area contributed by atoms with E-state index in [0.717, 1.165) is 6.07 Å². The van der Waals surface area contributed by atoms with Gasteiger partial charge < -0.3 is 10.8 Å². The predicted molar refractivity (Wildman–Crippen MR) is 54.2 cm³/mol. The van der Waals surface area contributed by atoms with Crippen LogP contribution in [0.1, 0.15) is 18.4 Å². The van der Waals surface area contributed by atoms with Crippen molar-refractivity contribution in [2.24, 2.45) is 5.73 Å².